The fraction of sp³-hybridized carbons (Fsp3) is 0.333. The first-order chi connectivity index (χ1) is 12.6. The Labute approximate surface area is 159 Å². The minimum Gasteiger partial charge on any atom is -0.493 e. The summed E-state index contributed by atoms with van der Waals surface area (Å²) in [4.78, 5) is 11.8. The fourth-order valence-corrected chi connectivity index (χ4v) is 3.78. The van der Waals surface area contributed by atoms with E-state index in [-0.39, 0.29) is 5.75 Å². The van der Waals surface area contributed by atoms with Crippen LogP contribution in [0, 0.1) is 6.92 Å². The zero-order chi connectivity index (χ0) is 18.5. The number of rotatable bonds is 8. The molecule has 0 radical (unpaired) electrons. The average molecular weight is 394 g/mol. The van der Waals surface area contributed by atoms with E-state index in [1.165, 1.54) is 0 Å². The first kappa shape index (κ1) is 18.8. The summed E-state index contributed by atoms with van der Waals surface area (Å²) >= 11 is 5.98. The number of aromatic amines is 1. The number of methoxy groups -OCH3 is 1. The minimum atomic E-state index is -1.35. The average Bonchev–Trinajstić information content (AvgIpc) is 3.05. The van der Waals surface area contributed by atoms with E-state index in [1.54, 1.807) is 31.5 Å². The predicted octanol–water partition coefficient (Wildman–Crippen LogP) is 3.64. The molecule has 6 nitrogen and oxygen atoms in total. The smallest absolute Gasteiger partial charge is 0.197 e. The van der Waals surface area contributed by atoms with Gasteiger partial charge in [-0.2, -0.15) is 0 Å². The summed E-state index contributed by atoms with van der Waals surface area (Å²) in [6.45, 7) is 3.13. The van der Waals surface area contributed by atoms with Gasteiger partial charge in [-0.15, -0.1) is 0 Å². The Morgan fingerprint density at radius 3 is 2.92 bits per heavy atom. The van der Waals surface area contributed by atoms with Crippen molar-refractivity contribution in [1.29, 1.82) is 0 Å². The molecule has 1 unspecified atom stereocenters. The zero-order valence-corrected chi connectivity index (χ0v) is 16.2. The number of aromatic nitrogens is 3. The van der Waals surface area contributed by atoms with Crippen LogP contribution in [0.4, 0.5) is 0 Å². The number of ether oxygens (including phenoxy) is 2. The van der Waals surface area contributed by atoms with Gasteiger partial charge in [0.25, 0.3) is 0 Å². The third kappa shape index (κ3) is 4.41. The van der Waals surface area contributed by atoms with Crippen LogP contribution in [0.5, 0.6) is 5.75 Å². The highest BCUT2D eigenvalue weighted by Crippen LogP contribution is 2.23. The molecule has 138 valence electrons. The van der Waals surface area contributed by atoms with Crippen LogP contribution in [0.15, 0.2) is 35.6 Å². The van der Waals surface area contributed by atoms with Gasteiger partial charge in [0.1, 0.15) is 5.75 Å². The second-order valence-electron chi connectivity index (χ2n) is 5.77. The van der Waals surface area contributed by atoms with Crippen LogP contribution in [0.25, 0.3) is 11.0 Å². The number of halogens is 1. The molecule has 2 aromatic heterocycles. The second kappa shape index (κ2) is 8.62. The van der Waals surface area contributed by atoms with Crippen molar-refractivity contribution in [3.63, 3.8) is 0 Å². The third-order valence-electron chi connectivity index (χ3n) is 3.91. The molecule has 1 atom stereocenters. The van der Waals surface area contributed by atoms with Gasteiger partial charge in [-0.1, -0.05) is 11.6 Å². The molecule has 0 saturated carbocycles. The Balaban J connectivity index is 1.73. The van der Waals surface area contributed by atoms with Crippen molar-refractivity contribution in [1.82, 2.24) is 15.0 Å². The number of nitrogens with zero attached hydrogens (tertiary/aromatic N) is 2. The number of fused-ring (bicyclic) bond motifs is 1. The summed E-state index contributed by atoms with van der Waals surface area (Å²) in [6.07, 6.45) is 2.48. The molecule has 3 aromatic rings. The Morgan fingerprint density at radius 1 is 1.27 bits per heavy atom. The van der Waals surface area contributed by atoms with E-state index in [2.05, 4.69) is 15.0 Å². The van der Waals surface area contributed by atoms with Crippen molar-refractivity contribution in [2.45, 2.75) is 24.3 Å². The number of hydrogen-bond acceptors (Lipinski definition) is 5. The van der Waals surface area contributed by atoms with E-state index in [0.29, 0.717) is 23.4 Å². The van der Waals surface area contributed by atoms with Crippen LogP contribution in [0.3, 0.4) is 0 Å². The van der Waals surface area contributed by atoms with Gasteiger partial charge in [0, 0.05) is 36.9 Å². The highest BCUT2D eigenvalue weighted by molar-refractivity contribution is 7.84. The monoisotopic (exact) mass is 393 g/mol. The molecule has 3 rings (SSSR count). The molecular formula is C18H20ClN3O3S. The van der Waals surface area contributed by atoms with Crippen molar-refractivity contribution < 1.29 is 13.7 Å². The Bertz CT molecular complexity index is 929. The Morgan fingerprint density at radius 2 is 2.12 bits per heavy atom. The number of hydrogen-bond donors (Lipinski definition) is 1. The lowest BCUT2D eigenvalue weighted by Crippen LogP contribution is -2.06. The molecule has 8 heteroatoms. The number of pyridine rings is 1. The SMILES string of the molecule is COCCCOc1ccnc(CS(=O)c2nc3ccc(Cl)cc3[nH]2)c1C. The van der Waals surface area contributed by atoms with Crippen molar-refractivity contribution in [3.05, 3.63) is 46.7 Å². The van der Waals surface area contributed by atoms with Crippen molar-refractivity contribution in [3.8, 4) is 5.75 Å². The molecule has 0 bridgehead atoms. The number of H-pyrrole nitrogens is 1. The van der Waals surface area contributed by atoms with Gasteiger partial charge >= 0.3 is 0 Å². The fourth-order valence-electron chi connectivity index (χ4n) is 2.51. The standard InChI is InChI=1S/C18H20ClN3O3S/c1-12-16(20-7-6-17(12)25-9-3-8-24-2)11-26(23)18-21-14-5-4-13(19)10-15(14)22-18/h4-7,10H,3,8-9,11H2,1-2H3,(H,21,22). The van der Waals surface area contributed by atoms with E-state index in [1.807, 2.05) is 13.0 Å². The molecule has 0 saturated heterocycles. The maximum Gasteiger partial charge on any atom is 0.197 e. The molecule has 1 N–H and O–H groups in total. The van der Waals surface area contributed by atoms with Crippen LogP contribution < -0.4 is 4.74 Å². The van der Waals surface area contributed by atoms with Crippen molar-refractivity contribution in [2.75, 3.05) is 20.3 Å². The summed E-state index contributed by atoms with van der Waals surface area (Å²) in [5.41, 5.74) is 3.11. The van der Waals surface area contributed by atoms with Crippen LogP contribution >= 0.6 is 11.6 Å². The summed E-state index contributed by atoms with van der Waals surface area (Å²) < 4.78 is 23.5. The third-order valence-corrected chi connectivity index (χ3v) is 5.31. The molecule has 0 aliphatic carbocycles. The quantitative estimate of drug-likeness (QED) is 0.591. The normalized spacial score (nSPS) is 12.4. The summed E-state index contributed by atoms with van der Waals surface area (Å²) in [5, 5.41) is 1.02. The summed E-state index contributed by atoms with van der Waals surface area (Å²) in [6, 6.07) is 7.14. The molecule has 0 aliphatic heterocycles. The molecule has 2 heterocycles. The van der Waals surface area contributed by atoms with E-state index in [0.717, 1.165) is 34.5 Å². The number of benzene rings is 1. The second-order valence-corrected chi connectivity index (χ2v) is 7.57. The lowest BCUT2D eigenvalue weighted by atomic mass is 10.2. The predicted molar refractivity (Wildman–Crippen MR) is 102 cm³/mol. The first-order valence-electron chi connectivity index (χ1n) is 8.18. The van der Waals surface area contributed by atoms with E-state index < -0.39 is 10.8 Å². The maximum absolute atomic E-state index is 12.7. The van der Waals surface area contributed by atoms with Gasteiger partial charge < -0.3 is 14.5 Å². The highest BCUT2D eigenvalue weighted by atomic mass is 35.5. The Hall–Kier alpha value is -1.96. The van der Waals surface area contributed by atoms with E-state index in [9.17, 15) is 4.21 Å². The molecule has 0 aliphatic rings. The topological polar surface area (TPSA) is 77.1 Å². The van der Waals surface area contributed by atoms with Gasteiger partial charge in [0.15, 0.2) is 5.16 Å². The van der Waals surface area contributed by atoms with E-state index >= 15 is 0 Å². The molecule has 0 amide bonds. The number of nitrogens with one attached hydrogen (secondary N) is 1. The molecule has 26 heavy (non-hydrogen) atoms. The van der Waals surface area contributed by atoms with Crippen LogP contribution in [0.2, 0.25) is 5.02 Å². The zero-order valence-electron chi connectivity index (χ0n) is 14.6. The van der Waals surface area contributed by atoms with Gasteiger partial charge in [0.2, 0.25) is 0 Å². The van der Waals surface area contributed by atoms with E-state index in [4.69, 9.17) is 21.1 Å². The number of imidazole rings is 1. The summed E-state index contributed by atoms with van der Waals surface area (Å²) in [5.74, 6) is 1.01. The van der Waals surface area contributed by atoms with Crippen molar-refractivity contribution in [2.24, 2.45) is 0 Å². The van der Waals surface area contributed by atoms with Crippen molar-refractivity contribution >= 4 is 33.4 Å². The van der Waals surface area contributed by atoms with Crippen LogP contribution in [-0.2, 0) is 21.3 Å². The minimum absolute atomic E-state index is 0.259. The molecule has 0 spiro atoms. The highest BCUT2D eigenvalue weighted by Gasteiger charge is 2.15. The van der Waals surface area contributed by atoms with Gasteiger partial charge in [-0.25, -0.2) is 4.98 Å². The largest absolute Gasteiger partial charge is 0.493 e. The van der Waals surface area contributed by atoms with Crippen LogP contribution in [0.1, 0.15) is 17.7 Å². The van der Waals surface area contributed by atoms with Gasteiger partial charge in [-0.3, -0.25) is 9.19 Å². The Kier molecular flexibility index (Phi) is 6.24. The first-order valence-corrected chi connectivity index (χ1v) is 9.88. The lowest BCUT2D eigenvalue weighted by molar-refractivity contribution is 0.172. The molecule has 1 aromatic carbocycles. The summed E-state index contributed by atoms with van der Waals surface area (Å²) in [7, 11) is 0.315. The van der Waals surface area contributed by atoms with Gasteiger partial charge in [0.05, 0.1) is 39.9 Å². The maximum atomic E-state index is 12.7. The molecular weight excluding hydrogens is 374 g/mol. The lowest BCUT2D eigenvalue weighted by Gasteiger charge is -2.11. The van der Waals surface area contributed by atoms with Crippen LogP contribution in [-0.4, -0.2) is 39.5 Å². The molecule has 0 fully saturated rings. The van der Waals surface area contributed by atoms with Gasteiger partial charge in [-0.05, 0) is 31.2 Å².